The summed E-state index contributed by atoms with van der Waals surface area (Å²) in [5.74, 6) is 0.392. The van der Waals surface area contributed by atoms with Gasteiger partial charge in [0.05, 0.1) is 6.61 Å². The first-order valence-electron chi connectivity index (χ1n) is 8.13. The van der Waals surface area contributed by atoms with Crippen molar-refractivity contribution in [2.75, 3.05) is 13.2 Å². The summed E-state index contributed by atoms with van der Waals surface area (Å²) in [6, 6.07) is 8.00. The summed E-state index contributed by atoms with van der Waals surface area (Å²) in [6.45, 7) is 4.39. The smallest absolute Gasteiger partial charge is 0.344 e. The van der Waals surface area contributed by atoms with Gasteiger partial charge in [0.2, 0.25) is 0 Å². The van der Waals surface area contributed by atoms with Crippen LogP contribution in [0.2, 0.25) is 0 Å². The largest absolute Gasteiger partial charge is 0.482 e. The van der Waals surface area contributed by atoms with Crippen molar-refractivity contribution in [1.82, 2.24) is 0 Å². The van der Waals surface area contributed by atoms with Crippen molar-refractivity contribution < 1.29 is 14.3 Å². The maximum absolute atomic E-state index is 11.2. The molecular formula is C18H28O3. The molecule has 0 atom stereocenters. The minimum absolute atomic E-state index is 0.0232. The summed E-state index contributed by atoms with van der Waals surface area (Å²) < 4.78 is 10.2. The SMILES string of the molecule is CCCCCCCCc1ccc(OCC(=O)OCC)cc1. The molecule has 21 heavy (non-hydrogen) atoms. The number of unbranched alkanes of at least 4 members (excludes halogenated alkanes) is 5. The number of aryl methyl sites for hydroxylation is 1. The molecule has 0 fully saturated rings. The topological polar surface area (TPSA) is 35.5 Å². The zero-order chi connectivity index (χ0) is 15.3. The summed E-state index contributed by atoms with van der Waals surface area (Å²) >= 11 is 0. The van der Waals surface area contributed by atoms with Gasteiger partial charge < -0.3 is 9.47 Å². The Bertz CT molecular complexity index is 384. The van der Waals surface area contributed by atoms with Gasteiger partial charge in [0.15, 0.2) is 6.61 Å². The normalized spacial score (nSPS) is 10.4. The van der Waals surface area contributed by atoms with Gasteiger partial charge in [-0.3, -0.25) is 0 Å². The van der Waals surface area contributed by atoms with Crippen molar-refractivity contribution in [3.63, 3.8) is 0 Å². The van der Waals surface area contributed by atoms with Crippen LogP contribution in [0.3, 0.4) is 0 Å². The average molecular weight is 292 g/mol. The van der Waals surface area contributed by atoms with Gasteiger partial charge in [-0.15, -0.1) is 0 Å². The molecule has 0 aliphatic carbocycles. The first-order valence-corrected chi connectivity index (χ1v) is 8.13. The second-order valence-electron chi connectivity index (χ2n) is 5.26. The summed E-state index contributed by atoms with van der Waals surface area (Å²) in [4.78, 5) is 11.2. The van der Waals surface area contributed by atoms with Crippen molar-refractivity contribution in [3.05, 3.63) is 29.8 Å². The molecule has 118 valence electrons. The van der Waals surface area contributed by atoms with Crippen LogP contribution in [0, 0.1) is 0 Å². The molecule has 3 nitrogen and oxygen atoms in total. The van der Waals surface area contributed by atoms with E-state index in [9.17, 15) is 4.79 Å². The van der Waals surface area contributed by atoms with Crippen molar-refractivity contribution >= 4 is 5.97 Å². The van der Waals surface area contributed by atoms with Gasteiger partial charge in [0, 0.05) is 0 Å². The number of hydrogen-bond donors (Lipinski definition) is 0. The van der Waals surface area contributed by atoms with Gasteiger partial charge in [-0.05, 0) is 37.5 Å². The van der Waals surface area contributed by atoms with E-state index in [0.717, 1.165) is 12.2 Å². The fourth-order valence-corrected chi connectivity index (χ4v) is 2.21. The number of carbonyl (C=O) groups is 1. The van der Waals surface area contributed by atoms with E-state index in [2.05, 4.69) is 19.1 Å². The molecule has 0 aliphatic heterocycles. The molecule has 0 spiro atoms. The van der Waals surface area contributed by atoms with Crippen LogP contribution in [-0.2, 0) is 16.0 Å². The molecule has 1 aromatic carbocycles. The Kier molecular flexibility index (Phi) is 9.34. The molecular weight excluding hydrogens is 264 g/mol. The Morgan fingerprint density at radius 2 is 1.62 bits per heavy atom. The predicted molar refractivity (Wildman–Crippen MR) is 85.7 cm³/mol. The minimum Gasteiger partial charge on any atom is -0.482 e. The van der Waals surface area contributed by atoms with E-state index in [-0.39, 0.29) is 12.6 Å². The molecule has 0 saturated carbocycles. The monoisotopic (exact) mass is 292 g/mol. The molecule has 0 radical (unpaired) electrons. The molecule has 1 aromatic rings. The Morgan fingerprint density at radius 3 is 2.29 bits per heavy atom. The second-order valence-corrected chi connectivity index (χ2v) is 5.26. The molecule has 0 amide bonds. The highest BCUT2D eigenvalue weighted by atomic mass is 16.6. The van der Waals surface area contributed by atoms with Crippen LogP contribution in [0.4, 0.5) is 0 Å². The Balaban J connectivity index is 2.19. The predicted octanol–water partition coefficient (Wildman–Crippen LogP) is 4.53. The van der Waals surface area contributed by atoms with Crippen molar-refractivity contribution in [2.24, 2.45) is 0 Å². The summed E-state index contributed by atoms with van der Waals surface area (Å²) in [6.07, 6.45) is 9.02. The first kappa shape index (κ1) is 17.5. The molecule has 0 N–H and O–H groups in total. The highest BCUT2D eigenvalue weighted by Crippen LogP contribution is 2.15. The fourth-order valence-electron chi connectivity index (χ4n) is 2.21. The van der Waals surface area contributed by atoms with Crippen molar-refractivity contribution in [1.29, 1.82) is 0 Å². The maximum Gasteiger partial charge on any atom is 0.344 e. The van der Waals surface area contributed by atoms with Crippen LogP contribution in [0.1, 0.15) is 57.9 Å². The molecule has 1 rings (SSSR count). The van der Waals surface area contributed by atoms with Gasteiger partial charge in [-0.2, -0.15) is 0 Å². The number of esters is 1. The number of benzene rings is 1. The molecule has 0 aromatic heterocycles. The van der Waals surface area contributed by atoms with Crippen LogP contribution in [0.25, 0.3) is 0 Å². The van der Waals surface area contributed by atoms with Crippen LogP contribution in [0.5, 0.6) is 5.75 Å². The second kappa shape index (κ2) is 11.2. The zero-order valence-corrected chi connectivity index (χ0v) is 13.4. The van der Waals surface area contributed by atoms with Gasteiger partial charge in [-0.25, -0.2) is 4.79 Å². The summed E-state index contributed by atoms with van der Waals surface area (Å²) in [5.41, 5.74) is 1.33. The van der Waals surface area contributed by atoms with Gasteiger partial charge in [0.25, 0.3) is 0 Å². The Labute approximate surface area is 128 Å². The molecule has 0 aliphatic rings. The lowest BCUT2D eigenvalue weighted by atomic mass is 10.0. The lowest BCUT2D eigenvalue weighted by Gasteiger charge is -2.07. The van der Waals surface area contributed by atoms with Crippen LogP contribution < -0.4 is 4.74 Å². The third-order valence-corrected chi connectivity index (χ3v) is 3.40. The lowest BCUT2D eigenvalue weighted by Crippen LogP contribution is -2.14. The summed E-state index contributed by atoms with van der Waals surface area (Å²) in [5, 5.41) is 0. The lowest BCUT2D eigenvalue weighted by molar-refractivity contribution is -0.145. The first-order chi connectivity index (χ1) is 10.3. The van der Waals surface area contributed by atoms with Crippen molar-refractivity contribution in [3.8, 4) is 5.75 Å². The third kappa shape index (κ3) is 8.38. The van der Waals surface area contributed by atoms with E-state index in [1.54, 1.807) is 6.92 Å². The quantitative estimate of drug-likeness (QED) is 0.444. The van der Waals surface area contributed by atoms with Crippen molar-refractivity contribution in [2.45, 2.75) is 58.8 Å². The van der Waals surface area contributed by atoms with Gasteiger partial charge >= 0.3 is 5.97 Å². The average Bonchev–Trinajstić information content (AvgIpc) is 2.50. The van der Waals surface area contributed by atoms with Gasteiger partial charge in [0.1, 0.15) is 5.75 Å². The number of rotatable bonds is 11. The molecule has 0 unspecified atom stereocenters. The maximum atomic E-state index is 11.2. The number of hydrogen-bond acceptors (Lipinski definition) is 3. The fraction of sp³-hybridized carbons (Fsp3) is 0.611. The Morgan fingerprint density at radius 1 is 0.952 bits per heavy atom. The van der Waals surface area contributed by atoms with E-state index in [4.69, 9.17) is 9.47 Å². The van der Waals surface area contributed by atoms with E-state index in [1.807, 2.05) is 12.1 Å². The number of ether oxygens (including phenoxy) is 2. The van der Waals surface area contributed by atoms with E-state index < -0.39 is 0 Å². The molecule has 0 saturated heterocycles. The van der Waals surface area contributed by atoms with Gasteiger partial charge in [-0.1, -0.05) is 51.2 Å². The number of carbonyl (C=O) groups excluding carboxylic acids is 1. The Hall–Kier alpha value is -1.51. The molecule has 0 heterocycles. The van der Waals surface area contributed by atoms with E-state index in [1.165, 1.54) is 44.1 Å². The highest BCUT2D eigenvalue weighted by molar-refractivity contribution is 5.71. The van der Waals surface area contributed by atoms with E-state index in [0.29, 0.717) is 6.61 Å². The van der Waals surface area contributed by atoms with Crippen LogP contribution in [0.15, 0.2) is 24.3 Å². The zero-order valence-electron chi connectivity index (χ0n) is 13.4. The third-order valence-electron chi connectivity index (χ3n) is 3.40. The minimum atomic E-state index is -0.325. The van der Waals surface area contributed by atoms with Crippen LogP contribution in [-0.4, -0.2) is 19.2 Å². The summed E-state index contributed by atoms with van der Waals surface area (Å²) in [7, 11) is 0. The highest BCUT2D eigenvalue weighted by Gasteiger charge is 2.03. The molecule has 3 heteroatoms. The standard InChI is InChI=1S/C18H28O3/c1-3-5-6-7-8-9-10-16-11-13-17(14-12-16)21-15-18(19)20-4-2/h11-14H,3-10,15H2,1-2H3. The molecule has 0 bridgehead atoms. The van der Waals surface area contributed by atoms with E-state index >= 15 is 0 Å². The van der Waals surface area contributed by atoms with Crippen LogP contribution >= 0.6 is 0 Å².